The third-order valence-corrected chi connectivity index (χ3v) is 4.17. The maximum atomic E-state index is 6.23. The molecule has 0 fully saturated rings. The number of methoxy groups -OCH3 is 1. The van der Waals surface area contributed by atoms with Gasteiger partial charge in [-0.3, -0.25) is 0 Å². The molecule has 0 bridgehead atoms. The summed E-state index contributed by atoms with van der Waals surface area (Å²) in [4.78, 5) is 0. The van der Waals surface area contributed by atoms with E-state index in [9.17, 15) is 0 Å². The van der Waals surface area contributed by atoms with E-state index in [1.807, 2.05) is 12.1 Å². The molecule has 0 saturated carbocycles. The van der Waals surface area contributed by atoms with Crippen LogP contribution in [0.4, 0.5) is 0 Å². The molecule has 1 aromatic rings. The van der Waals surface area contributed by atoms with Crippen molar-refractivity contribution in [1.82, 2.24) is 5.32 Å². The fourth-order valence-electron chi connectivity index (χ4n) is 3.00. The molecule has 0 saturated heterocycles. The predicted molar refractivity (Wildman–Crippen MR) is 92.3 cm³/mol. The van der Waals surface area contributed by atoms with Gasteiger partial charge in [0.15, 0.2) is 0 Å². The number of hydrogen-bond acceptors (Lipinski definition) is 2. The second-order valence-corrected chi connectivity index (χ2v) is 6.09. The van der Waals surface area contributed by atoms with Gasteiger partial charge in [0, 0.05) is 16.6 Å². The first-order valence-electron chi connectivity index (χ1n) is 8.24. The molecule has 1 rings (SSSR count). The van der Waals surface area contributed by atoms with Crippen molar-refractivity contribution in [3.05, 3.63) is 28.8 Å². The van der Waals surface area contributed by atoms with Crippen molar-refractivity contribution in [2.75, 3.05) is 13.7 Å². The second kappa shape index (κ2) is 10.1. The molecule has 0 amide bonds. The summed E-state index contributed by atoms with van der Waals surface area (Å²) in [5, 5.41) is 4.50. The smallest absolute Gasteiger partial charge is 0.123 e. The molecule has 1 aromatic carbocycles. The fourth-order valence-corrected chi connectivity index (χ4v) is 3.18. The van der Waals surface area contributed by atoms with Gasteiger partial charge < -0.3 is 10.1 Å². The molecule has 1 unspecified atom stereocenters. The molecule has 1 N–H and O–H groups in total. The van der Waals surface area contributed by atoms with E-state index in [-0.39, 0.29) is 0 Å². The summed E-state index contributed by atoms with van der Waals surface area (Å²) in [5.41, 5.74) is 1.20. The van der Waals surface area contributed by atoms with Crippen LogP contribution in [0, 0.1) is 5.92 Å². The van der Waals surface area contributed by atoms with Crippen LogP contribution >= 0.6 is 11.6 Å². The first kappa shape index (κ1) is 18.3. The molecular formula is C18H30ClNO. The Bertz CT molecular complexity index is 402. The van der Waals surface area contributed by atoms with Crippen LogP contribution in [0.15, 0.2) is 18.2 Å². The number of hydrogen-bond donors (Lipinski definition) is 1. The number of nitrogens with one attached hydrogen (secondary N) is 1. The van der Waals surface area contributed by atoms with Crippen LogP contribution in [0.5, 0.6) is 5.75 Å². The highest BCUT2D eigenvalue weighted by atomic mass is 35.5. The fraction of sp³-hybridized carbons (Fsp3) is 0.667. The Labute approximate surface area is 135 Å². The quantitative estimate of drug-likeness (QED) is 0.606. The Kier molecular flexibility index (Phi) is 8.79. The van der Waals surface area contributed by atoms with Crippen LogP contribution in [0.3, 0.4) is 0 Å². The molecule has 0 aliphatic rings. The van der Waals surface area contributed by atoms with Crippen LogP contribution < -0.4 is 10.1 Å². The van der Waals surface area contributed by atoms with Gasteiger partial charge >= 0.3 is 0 Å². The minimum Gasteiger partial charge on any atom is -0.496 e. The molecule has 120 valence electrons. The van der Waals surface area contributed by atoms with Crippen molar-refractivity contribution in [3.8, 4) is 5.75 Å². The van der Waals surface area contributed by atoms with Gasteiger partial charge in [-0.1, -0.05) is 45.2 Å². The maximum absolute atomic E-state index is 6.23. The Balaban J connectivity index is 3.12. The van der Waals surface area contributed by atoms with Gasteiger partial charge in [-0.15, -0.1) is 0 Å². The van der Waals surface area contributed by atoms with Crippen molar-refractivity contribution in [2.45, 2.75) is 58.9 Å². The van der Waals surface area contributed by atoms with Gasteiger partial charge in [-0.05, 0) is 49.9 Å². The molecule has 0 aliphatic heterocycles. The highest BCUT2D eigenvalue weighted by molar-refractivity contribution is 6.30. The highest BCUT2D eigenvalue weighted by Crippen LogP contribution is 2.36. The third-order valence-electron chi connectivity index (χ3n) is 3.93. The van der Waals surface area contributed by atoms with Gasteiger partial charge in [0.2, 0.25) is 0 Å². The highest BCUT2D eigenvalue weighted by Gasteiger charge is 2.24. The standard InChI is InChI=1S/C18H30ClNO/c1-5-8-14(9-6-2)18(20-12-7-3)16-13-15(19)10-11-17(16)21-4/h10-11,13-14,18,20H,5-9,12H2,1-4H3. The lowest BCUT2D eigenvalue weighted by Gasteiger charge is -2.29. The van der Waals surface area contributed by atoms with E-state index in [0.717, 1.165) is 23.7 Å². The lowest BCUT2D eigenvalue weighted by Crippen LogP contribution is -2.29. The lowest BCUT2D eigenvalue weighted by molar-refractivity contribution is 0.305. The van der Waals surface area contributed by atoms with E-state index in [1.54, 1.807) is 7.11 Å². The number of rotatable bonds is 10. The minimum atomic E-state index is 0.318. The average molecular weight is 312 g/mol. The van der Waals surface area contributed by atoms with Crippen molar-refractivity contribution in [2.24, 2.45) is 5.92 Å². The summed E-state index contributed by atoms with van der Waals surface area (Å²) in [6.07, 6.45) is 6.00. The third kappa shape index (κ3) is 5.52. The van der Waals surface area contributed by atoms with Crippen molar-refractivity contribution < 1.29 is 4.74 Å². The van der Waals surface area contributed by atoms with Crippen molar-refractivity contribution in [1.29, 1.82) is 0 Å². The van der Waals surface area contributed by atoms with Gasteiger partial charge in [-0.25, -0.2) is 0 Å². The Hall–Kier alpha value is -0.730. The largest absolute Gasteiger partial charge is 0.496 e. The lowest BCUT2D eigenvalue weighted by atomic mass is 9.85. The number of halogens is 1. The summed E-state index contributed by atoms with van der Waals surface area (Å²) in [6.45, 7) is 7.74. The molecule has 3 heteroatoms. The summed E-state index contributed by atoms with van der Waals surface area (Å²) in [7, 11) is 1.73. The van der Waals surface area contributed by atoms with E-state index in [4.69, 9.17) is 16.3 Å². The summed E-state index contributed by atoms with van der Waals surface area (Å²) >= 11 is 6.23. The zero-order valence-corrected chi connectivity index (χ0v) is 14.7. The first-order chi connectivity index (χ1) is 10.2. The van der Waals surface area contributed by atoms with E-state index in [2.05, 4.69) is 32.2 Å². The van der Waals surface area contributed by atoms with Crippen LogP contribution in [-0.4, -0.2) is 13.7 Å². The molecule has 1 atom stereocenters. The molecule has 0 aromatic heterocycles. The Morgan fingerprint density at radius 2 is 1.76 bits per heavy atom. The van der Waals surface area contributed by atoms with Gasteiger partial charge in [0.25, 0.3) is 0 Å². The Morgan fingerprint density at radius 1 is 1.10 bits per heavy atom. The maximum Gasteiger partial charge on any atom is 0.123 e. The van der Waals surface area contributed by atoms with Crippen LogP contribution in [0.25, 0.3) is 0 Å². The first-order valence-corrected chi connectivity index (χ1v) is 8.62. The summed E-state index contributed by atoms with van der Waals surface area (Å²) < 4.78 is 5.57. The molecule has 21 heavy (non-hydrogen) atoms. The zero-order chi connectivity index (χ0) is 15.7. The van der Waals surface area contributed by atoms with Crippen LogP contribution in [-0.2, 0) is 0 Å². The van der Waals surface area contributed by atoms with Crippen LogP contribution in [0.2, 0.25) is 5.02 Å². The van der Waals surface area contributed by atoms with Gasteiger partial charge in [-0.2, -0.15) is 0 Å². The predicted octanol–water partition coefficient (Wildman–Crippen LogP) is 5.61. The minimum absolute atomic E-state index is 0.318. The van der Waals surface area contributed by atoms with E-state index in [1.165, 1.54) is 31.2 Å². The van der Waals surface area contributed by atoms with Crippen molar-refractivity contribution >= 4 is 11.6 Å². The molecular weight excluding hydrogens is 282 g/mol. The number of benzene rings is 1. The van der Waals surface area contributed by atoms with Crippen LogP contribution in [0.1, 0.15) is 64.5 Å². The topological polar surface area (TPSA) is 21.3 Å². The zero-order valence-electron chi connectivity index (χ0n) is 13.9. The normalized spacial score (nSPS) is 12.7. The molecule has 0 aliphatic carbocycles. The van der Waals surface area contributed by atoms with Gasteiger partial charge in [0.1, 0.15) is 5.75 Å². The van der Waals surface area contributed by atoms with Crippen molar-refractivity contribution in [3.63, 3.8) is 0 Å². The summed E-state index contributed by atoms with van der Waals surface area (Å²) in [5.74, 6) is 1.56. The Morgan fingerprint density at radius 3 is 2.29 bits per heavy atom. The molecule has 0 spiro atoms. The number of ether oxygens (including phenoxy) is 1. The molecule has 0 heterocycles. The van der Waals surface area contributed by atoms with E-state index < -0.39 is 0 Å². The summed E-state index contributed by atoms with van der Waals surface area (Å²) in [6, 6.07) is 6.26. The monoisotopic (exact) mass is 311 g/mol. The second-order valence-electron chi connectivity index (χ2n) is 5.66. The average Bonchev–Trinajstić information content (AvgIpc) is 2.48. The van der Waals surface area contributed by atoms with E-state index >= 15 is 0 Å². The van der Waals surface area contributed by atoms with E-state index in [0.29, 0.717) is 12.0 Å². The molecule has 2 nitrogen and oxygen atoms in total. The molecule has 0 radical (unpaired) electrons. The van der Waals surface area contributed by atoms with Gasteiger partial charge in [0.05, 0.1) is 7.11 Å². The SMILES string of the molecule is CCCNC(c1cc(Cl)ccc1OC)C(CCC)CCC.